The Morgan fingerprint density at radius 1 is 0.636 bits per heavy atom. The Morgan fingerprint density at radius 3 is 1.66 bits per heavy atom. The quantitative estimate of drug-likeness (QED) is 0.0699. The summed E-state index contributed by atoms with van der Waals surface area (Å²) >= 11 is 0. The van der Waals surface area contributed by atoms with Gasteiger partial charge in [-0.1, -0.05) is 96.8 Å². The van der Waals surface area contributed by atoms with Crippen molar-refractivity contribution in [2.75, 3.05) is 0 Å². The molecule has 44 heavy (non-hydrogen) atoms. The highest BCUT2D eigenvalue weighted by Crippen LogP contribution is 2.35. The van der Waals surface area contributed by atoms with E-state index in [2.05, 4.69) is 6.92 Å². The first kappa shape index (κ1) is 37.7. The highest BCUT2D eigenvalue weighted by atomic mass is 16.6. The van der Waals surface area contributed by atoms with Crippen LogP contribution in [-0.2, 0) is 19.0 Å². The van der Waals surface area contributed by atoms with Crippen LogP contribution in [0.4, 0.5) is 0 Å². The van der Waals surface area contributed by atoms with Crippen molar-refractivity contribution in [3.05, 3.63) is 0 Å². The Bertz CT molecular complexity index is 747. The van der Waals surface area contributed by atoms with Crippen molar-refractivity contribution < 1.29 is 34.3 Å². The molecule has 1 unspecified atom stereocenters. The summed E-state index contributed by atoms with van der Waals surface area (Å²) in [4.78, 5) is 11.7. The van der Waals surface area contributed by atoms with Crippen LogP contribution in [0.15, 0.2) is 0 Å². The topological polar surface area (TPSA) is 105 Å². The summed E-state index contributed by atoms with van der Waals surface area (Å²) in [7, 11) is 0. The lowest BCUT2D eigenvalue weighted by molar-refractivity contribution is -0.143. The first-order valence-electron chi connectivity index (χ1n) is 18.9. The van der Waals surface area contributed by atoms with E-state index in [0.717, 1.165) is 83.5 Å². The predicted molar refractivity (Wildman–Crippen MR) is 175 cm³/mol. The minimum atomic E-state index is -0.477. The molecular weight excluding hydrogens is 556 g/mol. The molecule has 3 saturated heterocycles. The van der Waals surface area contributed by atoms with Crippen molar-refractivity contribution in [2.24, 2.45) is 5.92 Å². The van der Waals surface area contributed by atoms with Gasteiger partial charge in [-0.15, -0.1) is 0 Å². The highest BCUT2D eigenvalue weighted by Gasteiger charge is 2.40. The van der Waals surface area contributed by atoms with Gasteiger partial charge in [0.2, 0.25) is 0 Å². The van der Waals surface area contributed by atoms with Gasteiger partial charge in [-0.25, -0.2) is 0 Å². The van der Waals surface area contributed by atoms with E-state index in [9.17, 15) is 20.1 Å². The second-order valence-electron chi connectivity index (χ2n) is 14.4. The smallest absolute Gasteiger partial charge is 0.309 e. The van der Waals surface area contributed by atoms with Crippen LogP contribution in [0.5, 0.6) is 0 Å². The summed E-state index contributed by atoms with van der Waals surface area (Å²) < 4.78 is 17.8. The van der Waals surface area contributed by atoms with Crippen LogP contribution in [-0.4, -0.2) is 70.1 Å². The molecule has 3 aliphatic rings. The summed E-state index contributed by atoms with van der Waals surface area (Å²) in [5.74, 6) is 0.160. The number of aliphatic hydroxyl groups excluding tert-OH is 3. The van der Waals surface area contributed by atoms with Crippen LogP contribution in [0.25, 0.3) is 0 Å². The van der Waals surface area contributed by atoms with Gasteiger partial charge in [0, 0.05) is 0 Å². The lowest BCUT2D eigenvalue weighted by atomic mass is 9.97. The molecule has 7 heteroatoms. The third-order valence-corrected chi connectivity index (χ3v) is 10.4. The van der Waals surface area contributed by atoms with Crippen LogP contribution >= 0.6 is 0 Å². The van der Waals surface area contributed by atoms with Gasteiger partial charge in [0.05, 0.1) is 54.7 Å². The molecule has 3 heterocycles. The number of unbranched alkanes of at least 4 members (excludes halogenated alkanes) is 12. The summed E-state index contributed by atoms with van der Waals surface area (Å²) in [6, 6.07) is 0. The lowest BCUT2D eigenvalue weighted by Gasteiger charge is -2.24. The van der Waals surface area contributed by atoms with Crippen LogP contribution in [0.2, 0.25) is 0 Å². The van der Waals surface area contributed by atoms with Crippen molar-refractivity contribution in [2.45, 2.75) is 223 Å². The summed E-state index contributed by atoms with van der Waals surface area (Å²) in [5, 5.41) is 31.6. The largest absolute Gasteiger partial charge is 0.462 e. The Labute approximate surface area is 269 Å². The maximum atomic E-state index is 11.7. The first-order valence-corrected chi connectivity index (χ1v) is 18.9. The van der Waals surface area contributed by atoms with Gasteiger partial charge < -0.3 is 29.5 Å². The Morgan fingerprint density at radius 2 is 1.11 bits per heavy atom. The van der Waals surface area contributed by atoms with Gasteiger partial charge in [-0.05, 0) is 77.6 Å². The van der Waals surface area contributed by atoms with E-state index < -0.39 is 12.2 Å². The molecule has 0 radical (unpaired) electrons. The number of carbonyl (C=O) groups is 1. The molecule has 0 aromatic heterocycles. The summed E-state index contributed by atoms with van der Waals surface area (Å²) in [6.07, 6.45) is 25.2. The van der Waals surface area contributed by atoms with E-state index in [0.29, 0.717) is 6.42 Å². The van der Waals surface area contributed by atoms with Crippen molar-refractivity contribution in [1.29, 1.82) is 0 Å². The molecule has 9 atom stereocenters. The zero-order valence-corrected chi connectivity index (χ0v) is 28.3. The number of esters is 1. The number of carbonyl (C=O) groups excluding carboxylic acids is 1. The van der Waals surface area contributed by atoms with E-state index in [-0.39, 0.29) is 48.5 Å². The van der Waals surface area contributed by atoms with Crippen molar-refractivity contribution in [3.8, 4) is 0 Å². The molecule has 3 rings (SSSR count). The van der Waals surface area contributed by atoms with Gasteiger partial charge in [-0.2, -0.15) is 0 Å². The van der Waals surface area contributed by atoms with E-state index in [1.165, 1.54) is 70.6 Å². The predicted octanol–water partition coefficient (Wildman–Crippen LogP) is 7.94. The second kappa shape index (κ2) is 22.0. The minimum absolute atomic E-state index is 0.0155. The normalized spacial score (nSPS) is 29.2. The zero-order chi connectivity index (χ0) is 31.6. The molecule has 0 saturated carbocycles. The van der Waals surface area contributed by atoms with E-state index in [1.807, 2.05) is 6.92 Å². The Kier molecular flexibility index (Phi) is 18.8. The van der Waals surface area contributed by atoms with Crippen LogP contribution in [0.1, 0.15) is 174 Å². The monoisotopic (exact) mass is 624 g/mol. The number of hydrogen-bond donors (Lipinski definition) is 3. The van der Waals surface area contributed by atoms with Gasteiger partial charge in [-0.3, -0.25) is 4.79 Å². The number of aliphatic hydroxyl groups is 3. The SMILES string of the molecule is CCCCCC[C@H](O)CCC[C@H](O)[C@H]1CC[C@H]([C@H]2CC[C@H]([C@H](O)CCCCCCCCCCCCC3C[C@H](C)OC3=O)O2)O1. The van der Waals surface area contributed by atoms with Gasteiger partial charge in [0.1, 0.15) is 0 Å². The van der Waals surface area contributed by atoms with Crippen LogP contribution in [0.3, 0.4) is 0 Å². The van der Waals surface area contributed by atoms with Crippen molar-refractivity contribution in [1.82, 2.24) is 0 Å². The van der Waals surface area contributed by atoms with E-state index in [1.54, 1.807) is 0 Å². The first-order chi connectivity index (χ1) is 21.4. The summed E-state index contributed by atoms with van der Waals surface area (Å²) in [5.41, 5.74) is 0. The van der Waals surface area contributed by atoms with Crippen molar-refractivity contribution in [3.63, 3.8) is 0 Å². The highest BCUT2D eigenvalue weighted by molar-refractivity contribution is 5.74. The van der Waals surface area contributed by atoms with E-state index >= 15 is 0 Å². The number of rotatable bonds is 25. The van der Waals surface area contributed by atoms with E-state index in [4.69, 9.17) is 14.2 Å². The number of ether oxygens (including phenoxy) is 3. The average molecular weight is 625 g/mol. The molecule has 0 spiro atoms. The lowest BCUT2D eigenvalue weighted by Crippen LogP contribution is -2.33. The Balaban J connectivity index is 1.13. The molecular formula is C37H68O7. The third-order valence-electron chi connectivity index (χ3n) is 10.4. The number of hydrogen-bond acceptors (Lipinski definition) is 7. The molecule has 3 N–H and O–H groups in total. The maximum Gasteiger partial charge on any atom is 0.309 e. The molecule has 258 valence electrons. The van der Waals surface area contributed by atoms with Crippen LogP contribution < -0.4 is 0 Å². The Hall–Kier alpha value is -0.730. The average Bonchev–Trinajstić information content (AvgIpc) is 3.76. The van der Waals surface area contributed by atoms with Gasteiger partial charge >= 0.3 is 5.97 Å². The molecule has 0 amide bonds. The fraction of sp³-hybridized carbons (Fsp3) is 0.973. The molecule has 0 aromatic rings. The number of cyclic esters (lactones) is 1. The molecule has 3 aliphatic heterocycles. The standard InChI is InChI=1S/C37H68O7/c1-3-4-5-15-19-30(38)20-17-22-32(40)34-24-26-36(44-34)35-25-23-33(43-35)31(39)21-16-13-11-9-7-6-8-10-12-14-18-29-27-28(2)42-37(29)41/h28-36,38-40H,3-27H2,1-2H3/t28-,29?,30-,31+,32-,33+,34+,35+,36+/m0/s1. The fourth-order valence-electron chi connectivity index (χ4n) is 7.61. The van der Waals surface area contributed by atoms with Crippen LogP contribution in [0, 0.1) is 5.92 Å². The zero-order valence-electron chi connectivity index (χ0n) is 28.3. The third kappa shape index (κ3) is 14.4. The second-order valence-corrected chi connectivity index (χ2v) is 14.4. The molecule has 0 aromatic carbocycles. The molecule has 0 bridgehead atoms. The minimum Gasteiger partial charge on any atom is -0.462 e. The fourth-order valence-corrected chi connectivity index (χ4v) is 7.61. The molecule has 0 aliphatic carbocycles. The maximum absolute atomic E-state index is 11.7. The van der Waals surface area contributed by atoms with Crippen molar-refractivity contribution >= 4 is 5.97 Å². The summed E-state index contributed by atoms with van der Waals surface area (Å²) in [6.45, 7) is 4.19. The van der Waals surface area contributed by atoms with Gasteiger partial charge in [0.25, 0.3) is 0 Å². The van der Waals surface area contributed by atoms with Gasteiger partial charge in [0.15, 0.2) is 0 Å². The molecule has 7 nitrogen and oxygen atoms in total. The molecule has 3 fully saturated rings.